The van der Waals surface area contributed by atoms with Crippen LogP contribution in [0.4, 0.5) is 0 Å². The largest absolute Gasteiger partial charge is 0.348 e. The van der Waals surface area contributed by atoms with Crippen molar-refractivity contribution in [2.75, 3.05) is 0 Å². The van der Waals surface area contributed by atoms with E-state index in [2.05, 4.69) is 15.3 Å². The van der Waals surface area contributed by atoms with Crippen molar-refractivity contribution >= 4 is 28.5 Å². The molecule has 2 aromatic heterocycles. The lowest BCUT2D eigenvalue weighted by Crippen LogP contribution is -2.12. The Labute approximate surface area is 119 Å². The number of aromatic nitrogens is 2. The Morgan fingerprint density at radius 2 is 2.05 bits per heavy atom. The van der Waals surface area contributed by atoms with E-state index in [4.69, 9.17) is 11.6 Å². The first-order valence-electron chi connectivity index (χ1n) is 6.27. The molecular weight excluding hydrogens is 274 g/mol. The summed E-state index contributed by atoms with van der Waals surface area (Å²) in [6, 6.07) is 9.60. The fraction of sp³-hybridized carbons (Fsp3) is 0.0667. The first-order chi connectivity index (χ1) is 9.72. The molecule has 4 rings (SSSR count). The minimum absolute atomic E-state index is 0.000995. The first kappa shape index (κ1) is 11.5. The van der Waals surface area contributed by atoms with E-state index in [1.54, 1.807) is 6.07 Å². The minimum Gasteiger partial charge on any atom is -0.348 e. The molecule has 3 heterocycles. The predicted octanol–water partition coefficient (Wildman–Crippen LogP) is 3.13. The monoisotopic (exact) mass is 283 g/mol. The van der Waals surface area contributed by atoms with Crippen LogP contribution in [0.3, 0.4) is 0 Å². The number of carbonyl (C=O) groups is 1. The van der Waals surface area contributed by atoms with E-state index in [9.17, 15) is 4.79 Å². The number of pyridine rings is 1. The molecule has 0 radical (unpaired) electrons. The number of carbonyl (C=O) groups excluding carboxylic acids is 1. The molecule has 0 unspecified atom stereocenters. The van der Waals surface area contributed by atoms with Gasteiger partial charge in [0.2, 0.25) is 0 Å². The standard InChI is InChI=1S/C15H10ClN3O/c16-13-4-3-11-12(7-17-14(11)19-13)8-1-2-10-9(5-8)6-18-15(10)20/h1-5,7H,6H2,(H,17,19)(H,18,20). The molecule has 20 heavy (non-hydrogen) atoms. The van der Waals surface area contributed by atoms with Gasteiger partial charge in [0.25, 0.3) is 5.91 Å². The summed E-state index contributed by atoms with van der Waals surface area (Å²) in [4.78, 5) is 18.9. The van der Waals surface area contributed by atoms with E-state index in [1.807, 2.05) is 30.5 Å². The number of hydrogen-bond donors (Lipinski definition) is 2. The Kier molecular flexibility index (Phi) is 2.35. The third kappa shape index (κ3) is 1.62. The molecule has 0 saturated heterocycles. The van der Waals surface area contributed by atoms with Gasteiger partial charge in [-0.25, -0.2) is 4.98 Å². The molecule has 1 aliphatic rings. The number of aromatic amines is 1. The zero-order chi connectivity index (χ0) is 13.7. The molecule has 1 amide bonds. The summed E-state index contributed by atoms with van der Waals surface area (Å²) < 4.78 is 0. The highest BCUT2D eigenvalue weighted by Gasteiger charge is 2.19. The number of benzene rings is 1. The fourth-order valence-corrected chi connectivity index (χ4v) is 2.77. The van der Waals surface area contributed by atoms with E-state index in [0.29, 0.717) is 11.7 Å². The van der Waals surface area contributed by atoms with Crippen LogP contribution in [-0.4, -0.2) is 15.9 Å². The minimum atomic E-state index is -0.000995. The molecule has 1 aromatic carbocycles. The van der Waals surface area contributed by atoms with E-state index in [0.717, 1.165) is 33.3 Å². The third-order valence-corrected chi connectivity index (χ3v) is 3.82. The number of nitrogens with one attached hydrogen (secondary N) is 2. The van der Waals surface area contributed by atoms with Crippen molar-refractivity contribution in [3.05, 3.63) is 52.8 Å². The van der Waals surface area contributed by atoms with E-state index >= 15 is 0 Å². The zero-order valence-electron chi connectivity index (χ0n) is 10.4. The van der Waals surface area contributed by atoms with Gasteiger partial charge in [-0.3, -0.25) is 4.79 Å². The highest BCUT2D eigenvalue weighted by Crippen LogP contribution is 2.30. The third-order valence-electron chi connectivity index (χ3n) is 3.60. The average molecular weight is 284 g/mol. The van der Waals surface area contributed by atoms with Gasteiger partial charge in [-0.1, -0.05) is 17.7 Å². The zero-order valence-corrected chi connectivity index (χ0v) is 11.2. The lowest BCUT2D eigenvalue weighted by molar-refractivity contribution is 0.0966. The van der Waals surface area contributed by atoms with Crippen molar-refractivity contribution in [2.45, 2.75) is 6.54 Å². The Bertz CT molecular complexity index is 853. The topological polar surface area (TPSA) is 57.8 Å². The van der Waals surface area contributed by atoms with Gasteiger partial charge >= 0.3 is 0 Å². The molecule has 98 valence electrons. The summed E-state index contributed by atoms with van der Waals surface area (Å²) in [5.41, 5.74) is 4.68. The van der Waals surface area contributed by atoms with Gasteiger partial charge in [0, 0.05) is 29.3 Å². The molecule has 0 aliphatic carbocycles. The maximum Gasteiger partial charge on any atom is 0.251 e. The van der Waals surface area contributed by atoms with Gasteiger partial charge in [0.15, 0.2) is 0 Å². The summed E-state index contributed by atoms with van der Waals surface area (Å²) in [7, 11) is 0. The normalized spacial score (nSPS) is 13.6. The number of rotatable bonds is 1. The van der Waals surface area contributed by atoms with Crippen molar-refractivity contribution in [1.82, 2.24) is 15.3 Å². The lowest BCUT2D eigenvalue weighted by atomic mass is 10.0. The van der Waals surface area contributed by atoms with Crippen LogP contribution in [0.5, 0.6) is 0 Å². The summed E-state index contributed by atoms with van der Waals surface area (Å²) in [5, 5.41) is 4.31. The maximum atomic E-state index is 11.6. The fourth-order valence-electron chi connectivity index (χ4n) is 2.62. The van der Waals surface area contributed by atoms with Crippen molar-refractivity contribution in [3.63, 3.8) is 0 Å². The molecule has 0 saturated carbocycles. The Balaban J connectivity index is 1.89. The number of nitrogens with zero attached hydrogens (tertiary/aromatic N) is 1. The van der Waals surface area contributed by atoms with Crippen molar-refractivity contribution in [1.29, 1.82) is 0 Å². The average Bonchev–Trinajstić information content (AvgIpc) is 3.02. The summed E-state index contributed by atoms with van der Waals surface area (Å²) in [6.45, 7) is 0.592. The highest BCUT2D eigenvalue weighted by atomic mass is 35.5. The van der Waals surface area contributed by atoms with Crippen molar-refractivity contribution < 1.29 is 4.79 Å². The van der Waals surface area contributed by atoms with E-state index < -0.39 is 0 Å². The van der Waals surface area contributed by atoms with Crippen LogP contribution >= 0.6 is 11.6 Å². The molecule has 3 aromatic rings. The van der Waals surface area contributed by atoms with Gasteiger partial charge in [-0.2, -0.15) is 0 Å². The predicted molar refractivity (Wildman–Crippen MR) is 77.7 cm³/mol. The molecule has 5 heteroatoms. The van der Waals surface area contributed by atoms with Crippen LogP contribution in [0.25, 0.3) is 22.2 Å². The summed E-state index contributed by atoms with van der Waals surface area (Å²) in [5.74, 6) is -0.000995. The van der Waals surface area contributed by atoms with E-state index in [1.165, 1.54) is 0 Å². The molecule has 4 nitrogen and oxygen atoms in total. The summed E-state index contributed by atoms with van der Waals surface area (Å²) >= 11 is 5.89. The number of amides is 1. The molecule has 1 aliphatic heterocycles. The second-order valence-electron chi connectivity index (χ2n) is 4.79. The van der Waals surface area contributed by atoms with Gasteiger partial charge in [-0.15, -0.1) is 0 Å². The van der Waals surface area contributed by atoms with Crippen LogP contribution in [0, 0.1) is 0 Å². The first-order valence-corrected chi connectivity index (χ1v) is 6.65. The SMILES string of the molecule is O=C1NCc2cc(-c3c[nH]c4nc(Cl)ccc34)ccc21. The molecule has 0 atom stereocenters. The number of halogens is 1. The lowest BCUT2D eigenvalue weighted by Gasteiger charge is -2.02. The van der Waals surface area contributed by atoms with Crippen molar-refractivity contribution in [2.24, 2.45) is 0 Å². The van der Waals surface area contributed by atoms with Crippen LogP contribution in [0.2, 0.25) is 5.15 Å². The van der Waals surface area contributed by atoms with Crippen LogP contribution in [0.1, 0.15) is 15.9 Å². The molecular formula is C15H10ClN3O. The van der Waals surface area contributed by atoms with Gasteiger partial charge in [-0.05, 0) is 35.4 Å². The van der Waals surface area contributed by atoms with Crippen LogP contribution < -0.4 is 5.32 Å². The number of hydrogen-bond acceptors (Lipinski definition) is 2. The Morgan fingerprint density at radius 1 is 1.15 bits per heavy atom. The smallest absolute Gasteiger partial charge is 0.251 e. The van der Waals surface area contributed by atoms with E-state index in [-0.39, 0.29) is 5.91 Å². The van der Waals surface area contributed by atoms with Crippen molar-refractivity contribution in [3.8, 4) is 11.1 Å². The maximum absolute atomic E-state index is 11.6. The molecule has 2 N–H and O–H groups in total. The highest BCUT2D eigenvalue weighted by molar-refractivity contribution is 6.29. The second-order valence-corrected chi connectivity index (χ2v) is 5.17. The van der Waals surface area contributed by atoms with Crippen LogP contribution in [0.15, 0.2) is 36.5 Å². The number of fused-ring (bicyclic) bond motifs is 2. The second kappa shape index (κ2) is 4.08. The Morgan fingerprint density at radius 3 is 2.95 bits per heavy atom. The summed E-state index contributed by atoms with van der Waals surface area (Å²) in [6.07, 6.45) is 1.92. The molecule has 0 bridgehead atoms. The molecule has 0 fully saturated rings. The van der Waals surface area contributed by atoms with Gasteiger partial charge < -0.3 is 10.3 Å². The van der Waals surface area contributed by atoms with Gasteiger partial charge in [0.05, 0.1) is 0 Å². The quantitative estimate of drug-likeness (QED) is 0.674. The molecule has 0 spiro atoms. The Hall–Kier alpha value is -2.33. The van der Waals surface area contributed by atoms with Crippen LogP contribution in [-0.2, 0) is 6.54 Å². The number of H-pyrrole nitrogens is 1. The van der Waals surface area contributed by atoms with Gasteiger partial charge in [0.1, 0.15) is 10.8 Å².